The highest BCUT2D eigenvalue weighted by molar-refractivity contribution is 5.89. The van der Waals surface area contributed by atoms with E-state index < -0.39 is 41.8 Å². The monoisotopic (exact) mass is 451 g/mol. The summed E-state index contributed by atoms with van der Waals surface area (Å²) in [5, 5.41) is 0. The summed E-state index contributed by atoms with van der Waals surface area (Å²) in [6.45, 7) is 1.08. The van der Waals surface area contributed by atoms with Gasteiger partial charge in [0.05, 0.1) is 17.0 Å². The zero-order valence-corrected chi connectivity index (χ0v) is 17.1. The van der Waals surface area contributed by atoms with E-state index in [2.05, 4.69) is 4.90 Å². The Balaban J connectivity index is 1.74. The van der Waals surface area contributed by atoms with Crippen LogP contribution < -0.4 is 0 Å². The maximum Gasteiger partial charge on any atom is 0.416 e. The molecule has 5 nitrogen and oxygen atoms in total. The van der Waals surface area contributed by atoms with Gasteiger partial charge in [0, 0.05) is 39.1 Å². The third-order valence-electron chi connectivity index (χ3n) is 5.85. The van der Waals surface area contributed by atoms with Gasteiger partial charge < -0.3 is 14.7 Å². The van der Waals surface area contributed by atoms with Crippen LogP contribution in [0.2, 0.25) is 0 Å². The highest BCUT2D eigenvalue weighted by Gasteiger charge is 2.40. The van der Waals surface area contributed by atoms with Crippen LogP contribution in [0.5, 0.6) is 0 Å². The van der Waals surface area contributed by atoms with Crippen molar-refractivity contribution >= 4 is 11.8 Å². The van der Waals surface area contributed by atoms with Crippen LogP contribution in [0.4, 0.5) is 26.3 Å². The third-order valence-corrected chi connectivity index (χ3v) is 5.85. The molecule has 2 aliphatic rings. The molecule has 2 fully saturated rings. The summed E-state index contributed by atoms with van der Waals surface area (Å²) in [6.07, 6.45) is -9.23. The van der Waals surface area contributed by atoms with E-state index in [1.54, 1.807) is 11.9 Å². The molecule has 31 heavy (non-hydrogen) atoms. The number of amides is 2. The normalized spacial score (nSPS) is 23.0. The van der Waals surface area contributed by atoms with Crippen LogP contribution in [0.1, 0.15) is 29.5 Å². The average Bonchev–Trinajstić information content (AvgIpc) is 3.25. The Bertz CT molecular complexity index is 822. The van der Waals surface area contributed by atoms with Crippen LogP contribution in [0.15, 0.2) is 18.2 Å². The van der Waals surface area contributed by atoms with Crippen molar-refractivity contribution in [2.75, 3.05) is 33.7 Å². The smallest absolute Gasteiger partial charge is 0.341 e. The van der Waals surface area contributed by atoms with Crippen molar-refractivity contribution in [1.82, 2.24) is 14.7 Å². The molecule has 0 bridgehead atoms. The second-order valence-electron chi connectivity index (χ2n) is 8.24. The van der Waals surface area contributed by atoms with Gasteiger partial charge in [-0.3, -0.25) is 9.59 Å². The molecule has 0 aliphatic carbocycles. The zero-order valence-electron chi connectivity index (χ0n) is 17.1. The minimum atomic E-state index is -4.96. The van der Waals surface area contributed by atoms with Crippen LogP contribution in [-0.4, -0.2) is 66.3 Å². The second-order valence-corrected chi connectivity index (χ2v) is 8.24. The van der Waals surface area contributed by atoms with Gasteiger partial charge in [0.2, 0.25) is 11.8 Å². The van der Waals surface area contributed by atoms with E-state index in [-0.39, 0.29) is 36.5 Å². The maximum atomic E-state index is 13.1. The average molecular weight is 451 g/mol. The molecular formula is C20H23F6N3O2. The van der Waals surface area contributed by atoms with Gasteiger partial charge in [-0.1, -0.05) is 0 Å². The van der Waals surface area contributed by atoms with E-state index in [9.17, 15) is 35.9 Å². The van der Waals surface area contributed by atoms with Crippen LogP contribution in [0.25, 0.3) is 0 Å². The molecule has 11 heteroatoms. The predicted molar refractivity (Wildman–Crippen MR) is 98.6 cm³/mol. The molecule has 172 valence electrons. The van der Waals surface area contributed by atoms with Crippen molar-refractivity contribution in [3.05, 3.63) is 34.9 Å². The standard InChI is InChI=1S/C20H23F6N3O2/c1-27-4-3-16(11-27)28(2)18(31)13-7-17(30)29(10-13)9-12-5-14(19(21,22)23)8-15(6-12)20(24,25)26/h5-6,8,13,16H,3-4,7,9-11H2,1-2H3. The van der Waals surface area contributed by atoms with E-state index >= 15 is 0 Å². The summed E-state index contributed by atoms with van der Waals surface area (Å²) in [7, 11) is 3.59. The summed E-state index contributed by atoms with van der Waals surface area (Å²) in [5.41, 5.74) is -3.14. The number of carbonyl (C=O) groups is 2. The van der Waals surface area contributed by atoms with Crippen molar-refractivity contribution in [2.24, 2.45) is 5.92 Å². The van der Waals surface area contributed by atoms with E-state index in [0.717, 1.165) is 17.9 Å². The van der Waals surface area contributed by atoms with Crippen molar-refractivity contribution in [1.29, 1.82) is 0 Å². The fourth-order valence-corrected chi connectivity index (χ4v) is 4.12. The Labute approximate surface area is 175 Å². The number of halogens is 6. The lowest BCUT2D eigenvalue weighted by Crippen LogP contribution is -2.42. The number of carbonyl (C=O) groups excluding carboxylic acids is 2. The van der Waals surface area contributed by atoms with Gasteiger partial charge in [0.15, 0.2) is 0 Å². The summed E-state index contributed by atoms with van der Waals surface area (Å²) in [5.74, 6) is -1.38. The fourth-order valence-electron chi connectivity index (χ4n) is 4.12. The number of hydrogen-bond donors (Lipinski definition) is 0. The number of benzene rings is 1. The summed E-state index contributed by atoms with van der Waals surface area (Å²) in [6, 6.07) is 1.28. The van der Waals surface area contributed by atoms with Crippen LogP contribution in [0, 0.1) is 5.92 Å². The molecular weight excluding hydrogens is 428 g/mol. The lowest BCUT2D eigenvalue weighted by atomic mass is 10.0. The molecule has 1 aromatic rings. The number of likely N-dealkylation sites (tertiary alicyclic amines) is 2. The van der Waals surface area contributed by atoms with E-state index in [0.29, 0.717) is 18.7 Å². The molecule has 2 amide bonds. The van der Waals surface area contributed by atoms with Gasteiger partial charge in [-0.25, -0.2) is 0 Å². The maximum absolute atomic E-state index is 13.1. The first-order valence-electron chi connectivity index (χ1n) is 9.77. The van der Waals surface area contributed by atoms with Crippen LogP contribution in [-0.2, 0) is 28.5 Å². The van der Waals surface area contributed by atoms with E-state index in [1.165, 1.54) is 0 Å². The minimum absolute atomic E-state index is 0.0134. The summed E-state index contributed by atoms with van der Waals surface area (Å²) >= 11 is 0. The molecule has 0 aromatic heterocycles. The highest BCUT2D eigenvalue weighted by Crippen LogP contribution is 2.37. The second kappa shape index (κ2) is 8.33. The van der Waals surface area contributed by atoms with E-state index in [1.807, 2.05) is 7.05 Å². The molecule has 0 spiro atoms. The molecule has 2 saturated heterocycles. The first kappa shape index (κ1) is 23.4. The van der Waals surface area contributed by atoms with Crippen LogP contribution >= 0.6 is 0 Å². The van der Waals surface area contributed by atoms with Crippen molar-refractivity contribution in [3.63, 3.8) is 0 Å². The molecule has 2 unspecified atom stereocenters. The number of alkyl halides is 6. The Morgan fingerprint density at radius 3 is 2.13 bits per heavy atom. The van der Waals surface area contributed by atoms with Gasteiger partial charge in [-0.2, -0.15) is 26.3 Å². The molecule has 0 N–H and O–H groups in total. The molecule has 3 rings (SSSR count). The number of nitrogens with zero attached hydrogens (tertiary/aromatic N) is 3. The fraction of sp³-hybridized carbons (Fsp3) is 0.600. The Morgan fingerprint density at radius 2 is 1.65 bits per heavy atom. The predicted octanol–water partition coefficient (Wildman–Crippen LogP) is 3.24. The van der Waals surface area contributed by atoms with Gasteiger partial charge in [-0.15, -0.1) is 0 Å². The Hall–Kier alpha value is -2.30. The van der Waals surface area contributed by atoms with E-state index in [4.69, 9.17) is 0 Å². The highest BCUT2D eigenvalue weighted by atomic mass is 19.4. The first-order valence-corrected chi connectivity index (χ1v) is 9.77. The van der Waals surface area contributed by atoms with Gasteiger partial charge in [-0.05, 0) is 43.8 Å². The molecule has 1 aromatic carbocycles. The molecule has 2 aliphatic heterocycles. The van der Waals surface area contributed by atoms with Crippen LogP contribution in [0.3, 0.4) is 0 Å². The van der Waals surface area contributed by atoms with Gasteiger partial charge >= 0.3 is 12.4 Å². The van der Waals surface area contributed by atoms with Gasteiger partial charge in [0.1, 0.15) is 0 Å². The lowest BCUT2D eigenvalue weighted by Gasteiger charge is -2.27. The lowest BCUT2D eigenvalue weighted by molar-refractivity contribution is -0.143. The third kappa shape index (κ3) is 5.31. The largest absolute Gasteiger partial charge is 0.416 e. The zero-order chi connectivity index (χ0) is 23.1. The molecule has 0 radical (unpaired) electrons. The Morgan fingerprint density at radius 1 is 1.06 bits per heavy atom. The topological polar surface area (TPSA) is 43.9 Å². The SMILES string of the molecule is CN1CCC(N(C)C(=O)C2CC(=O)N(Cc3cc(C(F)(F)F)cc(C(F)(F)F)c3)C2)C1. The molecule has 2 atom stereocenters. The molecule has 0 saturated carbocycles. The number of likely N-dealkylation sites (N-methyl/N-ethyl adjacent to an activating group) is 2. The number of rotatable bonds is 4. The summed E-state index contributed by atoms with van der Waals surface area (Å²) < 4.78 is 78.3. The minimum Gasteiger partial charge on any atom is -0.341 e. The summed E-state index contributed by atoms with van der Waals surface area (Å²) in [4.78, 5) is 30.0. The van der Waals surface area contributed by atoms with Crippen molar-refractivity contribution in [2.45, 2.75) is 37.8 Å². The molecule has 2 heterocycles. The number of hydrogen-bond acceptors (Lipinski definition) is 3. The quantitative estimate of drug-likeness (QED) is 0.661. The van der Waals surface area contributed by atoms with Gasteiger partial charge in [0.25, 0.3) is 0 Å². The Kier molecular flexibility index (Phi) is 6.28. The van der Waals surface area contributed by atoms with Crippen molar-refractivity contribution in [3.8, 4) is 0 Å². The van der Waals surface area contributed by atoms with Crippen molar-refractivity contribution < 1.29 is 35.9 Å². The first-order chi connectivity index (χ1) is 14.3.